The predicted molar refractivity (Wildman–Crippen MR) is 72.7 cm³/mol. The summed E-state index contributed by atoms with van der Waals surface area (Å²) in [6, 6.07) is 4.22. The van der Waals surface area contributed by atoms with Crippen LogP contribution < -0.4 is 5.73 Å². The number of aliphatic hydroxyl groups is 1. The zero-order chi connectivity index (χ0) is 13.7. The van der Waals surface area contributed by atoms with Gasteiger partial charge in [0, 0.05) is 10.8 Å². The van der Waals surface area contributed by atoms with Gasteiger partial charge >= 0.3 is 5.97 Å². The average molecular weight is 271 g/mol. The highest BCUT2D eigenvalue weighted by atomic mass is 32.1. The van der Waals surface area contributed by atoms with E-state index >= 15 is 0 Å². The van der Waals surface area contributed by atoms with Gasteiger partial charge in [-0.1, -0.05) is 13.0 Å². The monoisotopic (exact) mass is 271 g/mol. The van der Waals surface area contributed by atoms with Crippen molar-refractivity contribution < 1.29 is 15.0 Å². The Kier molecular flexibility index (Phi) is 5.78. The molecule has 1 saturated carbocycles. The van der Waals surface area contributed by atoms with Gasteiger partial charge in [0.1, 0.15) is 0 Å². The van der Waals surface area contributed by atoms with Gasteiger partial charge < -0.3 is 15.9 Å². The summed E-state index contributed by atoms with van der Waals surface area (Å²) < 4.78 is 0. The Morgan fingerprint density at radius 2 is 2.22 bits per heavy atom. The molecule has 1 fully saturated rings. The van der Waals surface area contributed by atoms with Crippen molar-refractivity contribution in [2.75, 3.05) is 6.54 Å². The standard InChI is InChI=1S/C11H16OS.C2H5NO2/c1-7-6-9(7)11(8(2)12)10-4-3-5-13-10;3-1-2(4)5/h3-5,7-9,11-12H,6H2,1-2H3;1,3H2,(H,4,5). The Bertz CT molecular complexity index is 364. The molecule has 4 atom stereocenters. The minimum atomic E-state index is -0.968. The van der Waals surface area contributed by atoms with Crippen molar-refractivity contribution in [3.8, 4) is 0 Å². The van der Waals surface area contributed by atoms with Crippen LogP contribution in [0.2, 0.25) is 0 Å². The van der Waals surface area contributed by atoms with Gasteiger partial charge in [-0.25, -0.2) is 0 Å². The molecule has 0 amide bonds. The molecule has 0 saturated heterocycles. The van der Waals surface area contributed by atoms with Gasteiger partial charge in [0.25, 0.3) is 0 Å². The molecule has 0 aliphatic heterocycles. The molecule has 2 rings (SSSR count). The smallest absolute Gasteiger partial charge is 0.317 e. The number of carboxylic acid groups (broad SMARTS) is 1. The van der Waals surface area contributed by atoms with Crippen molar-refractivity contribution in [3.05, 3.63) is 22.4 Å². The first-order chi connectivity index (χ1) is 8.47. The van der Waals surface area contributed by atoms with E-state index in [0.717, 1.165) is 11.8 Å². The minimum Gasteiger partial charge on any atom is -0.480 e. The second kappa shape index (κ2) is 6.87. The van der Waals surface area contributed by atoms with E-state index in [-0.39, 0.29) is 12.6 Å². The number of aliphatic hydroxyl groups excluding tert-OH is 1. The highest BCUT2D eigenvalue weighted by molar-refractivity contribution is 7.10. The van der Waals surface area contributed by atoms with Gasteiger partial charge in [0.2, 0.25) is 0 Å². The fourth-order valence-electron chi connectivity index (χ4n) is 2.14. The van der Waals surface area contributed by atoms with Crippen LogP contribution >= 0.6 is 11.3 Å². The molecule has 5 heteroatoms. The normalized spacial score (nSPS) is 24.7. The highest BCUT2D eigenvalue weighted by Gasteiger charge is 2.42. The number of aliphatic carboxylic acids is 1. The quantitative estimate of drug-likeness (QED) is 0.781. The summed E-state index contributed by atoms with van der Waals surface area (Å²) >= 11 is 1.77. The molecular weight excluding hydrogens is 250 g/mol. The van der Waals surface area contributed by atoms with Crippen LogP contribution in [0.25, 0.3) is 0 Å². The number of nitrogens with two attached hydrogens (primary N) is 1. The number of carboxylic acids is 1. The number of carbonyl (C=O) groups is 1. The van der Waals surface area contributed by atoms with Crippen LogP contribution in [0, 0.1) is 11.8 Å². The second-order valence-electron chi connectivity index (χ2n) is 4.76. The molecule has 0 aromatic carbocycles. The van der Waals surface area contributed by atoms with E-state index in [1.165, 1.54) is 11.3 Å². The molecule has 102 valence electrons. The van der Waals surface area contributed by atoms with Gasteiger partial charge in [-0.2, -0.15) is 0 Å². The summed E-state index contributed by atoms with van der Waals surface area (Å²) in [5.74, 6) is 0.945. The zero-order valence-corrected chi connectivity index (χ0v) is 11.6. The molecule has 18 heavy (non-hydrogen) atoms. The molecule has 1 aromatic heterocycles. The molecule has 1 aromatic rings. The lowest BCUT2D eigenvalue weighted by Crippen LogP contribution is -2.16. The van der Waals surface area contributed by atoms with Crippen molar-refractivity contribution in [2.45, 2.75) is 32.3 Å². The van der Waals surface area contributed by atoms with E-state index in [4.69, 9.17) is 5.11 Å². The fraction of sp³-hybridized carbons (Fsp3) is 0.615. The summed E-state index contributed by atoms with van der Waals surface area (Å²) in [4.78, 5) is 10.6. The van der Waals surface area contributed by atoms with Crippen LogP contribution in [0.4, 0.5) is 0 Å². The first-order valence-corrected chi connectivity index (χ1v) is 6.98. The molecule has 1 aliphatic carbocycles. The Morgan fingerprint density at radius 1 is 1.67 bits per heavy atom. The summed E-state index contributed by atoms with van der Waals surface area (Å²) in [7, 11) is 0. The molecule has 1 aliphatic rings. The molecule has 4 nitrogen and oxygen atoms in total. The van der Waals surface area contributed by atoms with E-state index in [0.29, 0.717) is 5.92 Å². The predicted octanol–water partition coefficient (Wildman–Crippen LogP) is 1.90. The Morgan fingerprint density at radius 3 is 2.50 bits per heavy atom. The average Bonchev–Trinajstić information content (AvgIpc) is 2.82. The third-order valence-electron chi connectivity index (χ3n) is 3.20. The number of rotatable bonds is 4. The molecule has 4 unspecified atom stereocenters. The number of hydrogen-bond donors (Lipinski definition) is 3. The molecule has 0 radical (unpaired) electrons. The fourth-order valence-corrected chi connectivity index (χ4v) is 3.14. The Labute approximate surface area is 111 Å². The molecule has 0 spiro atoms. The van der Waals surface area contributed by atoms with Gasteiger partial charge in [0.05, 0.1) is 12.6 Å². The maximum absolute atomic E-state index is 9.72. The van der Waals surface area contributed by atoms with Crippen LogP contribution in [-0.2, 0) is 4.79 Å². The third kappa shape index (κ3) is 4.40. The van der Waals surface area contributed by atoms with Gasteiger partial charge in [-0.3, -0.25) is 4.79 Å². The largest absolute Gasteiger partial charge is 0.480 e. The lowest BCUT2D eigenvalue weighted by atomic mass is 9.95. The van der Waals surface area contributed by atoms with Crippen molar-refractivity contribution in [2.24, 2.45) is 17.6 Å². The summed E-state index contributed by atoms with van der Waals surface area (Å²) in [6.07, 6.45) is 1.08. The van der Waals surface area contributed by atoms with Crippen LogP contribution in [0.1, 0.15) is 31.1 Å². The zero-order valence-electron chi connectivity index (χ0n) is 10.7. The Hall–Kier alpha value is -0.910. The van der Waals surface area contributed by atoms with Crippen LogP contribution in [0.3, 0.4) is 0 Å². The topological polar surface area (TPSA) is 83.5 Å². The van der Waals surface area contributed by atoms with Gasteiger partial charge in [-0.15, -0.1) is 11.3 Å². The second-order valence-corrected chi connectivity index (χ2v) is 5.74. The molecular formula is C13H21NO3S. The van der Waals surface area contributed by atoms with Crippen molar-refractivity contribution in [1.29, 1.82) is 0 Å². The van der Waals surface area contributed by atoms with E-state index in [1.54, 1.807) is 11.3 Å². The highest BCUT2D eigenvalue weighted by Crippen LogP contribution is 2.50. The van der Waals surface area contributed by atoms with E-state index in [1.807, 2.05) is 6.92 Å². The maximum Gasteiger partial charge on any atom is 0.317 e. The lowest BCUT2D eigenvalue weighted by Gasteiger charge is -2.18. The SMILES string of the molecule is CC(O)C(c1cccs1)C1CC1C.NCC(=O)O. The number of hydrogen-bond acceptors (Lipinski definition) is 4. The molecule has 1 heterocycles. The first-order valence-electron chi connectivity index (χ1n) is 6.10. The Balaban J connectivity index is 0.000000280. The minimum absolute atomic E-state index is 0.200. The van der Waals surface area contributed by atoms with Crippen LogP contribution in [0.5, 0.6) is 0 Å². The van der Waals surface area contributed by atoms with Crippen molar-refractivity contribution in [1.82, 2.24) is 0 Å². The summed E-state index contributed by atoms with van der Waals surface area (Å²) in [5, 5.41) is 19.4. The van der Waals surface area contributed by atoms with E-state index in [2.05, 4.69) is 30.2 Å². The van der Waals surface area contributed by atoms with Crippen LogP contribution in [0.15, 0.2) is 17.5 Å². The molecule has 4 N–H and O–H groups in total. The van der Waals surface area contributed by atoms with Gasteiger partial charge in [0.15, 0.2) is 0 Å². The van der Waals surface area contributed by atoms with E-state index in [9.17, 15) is 9.90 Å². The summed E-state index contributed by atoms with van der Waals surface area (Å²) in [5.41, 5.74) is 4.57. The maximum atomic E-state index is 9.72. The third-order valence-corrected chi connectivity index (χ3v) is 4.17. The lowest BCUT2D eigenvalue weighted by molar-refractivity contribution is -0.135. The van der Waals surface area contributed by atoms with Crippen molar-refractivity contribution in [3.63, 3.8) is 0 Å². The van der Waals surface area contributed by atoms with Crippen LogP contribution in [-0.4, -0.2) is 28.8 Å². The first kappa shape index (κ1) is 15.1. The van der Waals surface area contributed by atoms with E-state index < -0.39 is 5.97 Å². The summed E-state index contributed by atoms with van der Waals surface area (Å²) in [6.45, 7) is 3.91. The van der Waals surface area contributed by atoms with Crippen molar-refractivity contribution >= 4 is 17.3 Å². The van der Waals surface area contributed by atoms with Gasteiger partial charge in [-0.05, 0) is 36.6 Å². The number of thiophene rings is 1. The molecule has 0 bridgehead atoms.